The molecule has 2 heterocycles. The Kier molecular flexibility index (Phi) is 5.54. The lowest BCUT2D eigenvalue weighted by molar-refractivity contribution is -0.250. The zero-order valence-corrected chi connectivity index (χ0v) is 16.2. The largest absolute Gasteiger partial charge is 0.394 e. The number of aliphatic hydroxyl groups is 5. The fraction of sp³-hybridized carbons (Fsp3) is 0.364. The first-order chi connectivity index (χ1) is 14.3. The summed E-state index contributed by atoms with van der Waals surface area (Å²) in [6.07, 6.45) is -6.63. The fourth-order valence-corrected chi connectivity index (χ4v) is 3.99. The standard InChI is InChI=1S/C22H23NO7/c1-10-6-11(12-2-3-13-8-23-22(29)15(13)7-12)4-5-14(10)17(25)21-20(28)19(27)18(26)16(9-24)30-21/h2-8,16-21,24-28H,9H2,1H3/t16-,17-,18-,19+,20+,21-/m1/s1. The van der Waals surface area contributed by atoms with E-state index >= 15 is 0 Å². The van der Waals surface area contributed by atoms with Crippen molar-refractivity contribution in [2.75, 3.05) is 6.61 Å². The number of amides is 1. The normalized spacial score (nSPS) is 29.1. The molecular weight excluding hydrogens is 390 g/mol. The smallest absolute Gasteiger partial charge is 0.277 e. The molecule has 4 rings (SSSR count). The van der Waals surface area contributed by atoms with Crippen LogP contribution in [0.3, 0.4) is 0 Å². The summed E-state index contributed by atoms with van der Waals surface area (Å²) in [5.41, 5.74) is 4.15. The topological polar surface area (TPSA) is 140 Å². The van der Waals surface area contributed by atoms with Gasteiger partial charge in [0.2, 0.25) is 0 Å². The number of hydrogen-bond acceptors (Lipinski definition) is 7. The minimum atomic E-state index is -1.55. The Bertz CT molecular complexity index is 1000. The lowest BCUT2D eigenvalue weighted by Gasteiger charge is -2.42. The molecule has 2 aromatic carbocycles. The van der Waals surface area contributed by atoms with Crippen molar-refractivity contribution >= 4 is 12.1 Å². The Hall–Kier alpha value is -2.46. The molecule has 30 heavy (non-hydrogen) atoms. The number of carbonyl (C=O) groups is 1. The molecule has 158 valence electrons. The molecular formula is C22H23NO7. The van der Waals surface area contributed by atoms with Crippen LogP contribution in [0.2, 0.25) is 0 Å². The van der Waals surface area contributed by atoms with Gasteiger partial charge in [-0.25, -0.2) is 4.99 Å². The highest BCUT2D eigenvalue weighted by Gasteiger charge is 2.46. The first-order valence-corrected chi connectivity index (χ1v) is 9.63. The average molecular weight is 413 g/mol. The van der Waals surface area contributed by atoms with Gasteiger partial charge in [0.15, 0.2) is 0 Å². The number of ether oxygens (including phenoxy) is 1. The van der Waals surface area contributed by atoms with Crippen LogP contribution in [0.5, 0.6) is 0 Å². The van der Waals surface area contributed by atoms with Crippen LogP contribution < -0.4 is 0 Å². The van der Waals surface area contributed by atoms with Gasteiger partial charge in [0.1, 0.15) is 36.6 Å². The maximum absolute atomic E-state index is 11.8. The molecule has 8 heteroatoms. The van der Waals surface area contributed by atoms with Crippen LogP contribution in [-0.2, 0) is 4.74 Å². The fourth-order valence-electron chi connectivity index (χ4n) is 3.99. The molecule has 2 aliphatic heterocycles. The summed E-state index contributed by atoms with van der Waals surface area (Å²) in [5.74, 6) is -0.279. The van der Waals surface area contributed by atoms with Crippen LogP contribution >= 0.6 is 0 Å². The Labute approximate surface area is 172 Å². The van der Waals surface area contributed by atoms with Crippen molar-refractivity contribution in [1.29, 1.82) is 0 Å². The predicted molar refractivity (Wildman–Crippen MR) is 107 cm³/mol. The summed E-state index contributed by atoms with van der Waals surface area (Å²) >= 11 is 0. The van der Waals surface area contributed by atoms with Crippen molar-refractivity contribution in [2.24, 2.45) is 4.99 Å². The van der Waals surface area contributed by atoms with E-state index in [0.717, 1.165) is 16.7 Å². The maximum atomic E-state index is 11.8. The van der Waals surface area contributed by atoms with Gasteiger partial charge >= 0.3 is 0 Å². The van der Waals surface area contributed by atoms with Crippen LogP contribution in [0.1, 0.15) is 33.2 Å². The van der Waals surface area contributed by atoms with Crippen LogP contribution in [-0.4, -0.2) is 74.8 Å². The third-order valence-electron chi connectivity index (χ3n) is 5.77. The SMILES string of the molecule is Cc1cc(-c2ccc3c(c2)C(=O)N=C3)ccc1[C@@H](O)[C@H]1O[C@H](CO)[C@@H](O)[C@H](O)[C@@H]1O. The second-order valence-electron chi connectivity index (χ2n) is 7.68. The molecule has 5 N–H and O–H groups in total. The minimum absolute atomic E-state index is 0.279. The second kappa shape index (κ2) is 7.99. The minimum Gasteiger partial charge on any atom is -0.394 e. The highest BCUT2D eigenvalue weighted by molar-refractivity contribution is 6.13. The molecule has 0 saturated carbocycles. The van der Waals surface area contributed by atoms with Gasteiger partial charge in [-0.15, -0.1) is 0 Å². The lowest BCUT2D eigenvalue weighted by Crippen LogP contribution is -2.59. The highest BCUT2D eigenvalue weighted by Crippen LogP contribution is 2.33. The Morgan fingerprint density at radius 3 is 2.43 bits per heavy atom. The van der Waals surface area contributed by atoms with E-state index in [9.17, 15) is 30.3 Å². The van der Waals surface area contributed by atoms with Gasteiger partial charge in [0, 0.05) is 11.8 Å². The van der Waals surface area contributed by atoms with Crippen molar-refractivity contribution in [3.63, 3.8) is 0 Å². The van der Waals surface area contributed by atoms with Crippen LogP contribution in [0.4, 0.5) is 0 Å². The van der Waals surface area contributed by atoms with E-state index in [1.807, 2.05) is 18.2 Å². The van der Waals surface area contributed by atoms with Gasteiger partial charge in [0.25, 0.3) is 5.91 Å². The summed E-state index contributed by atoms with van der Waals surface area (Å²) in [5, 5.41) is 50.3. The molecule has 2 aromatic rings. The quantitative estimate of drug-likeness (QED) is 0.479. The van der Waals surface area contributed by atoms with Gasteiger partial charge in [-0.2, -0.15) is 0 Å². The molecule has 0 bridgehead atoms. The van der Waals surface area contributed by atoms with Crippen molar-refractivity contribution in [2.45, 2.75) is 43.5 Å². The number of benzene rings is 2. The number of aliphatic hydroxyl groups excluding tert-OH is 5. The highest BCUT2D eigenvalue weighted by atomic mass is 16.6. The molecule has 0 spiro atoms. The van der Waals surface area contributed by atoms with Crippen LogP contribution in [0.15, 0.2) is 41.4 Å². The van der Waals surface area contributed by atoms with Gasteiger partial charge < -0.3 is 30.3 Å². The second-order valence-corrected chi connectivity index (χ2v) is 7.68. The molecule has 0 radical (unpaired) electrons. The maximum Gasteiger partial charge on any atom is 0.277 e. The summed E-state index contributed by atoms with van der Waals surface area (Å²) in [6.45, 7) is 1.22. The Morgan fingerprint density at radius 2 is 1.73 bits per heavy atom. The zero-order chi connectivity index (χ0) is 21.6. The van der Waals surface area contributed by atoms with Gasteiger partial charge in [-0.3, -0.25) is 4.79 Å². The molecule has 1 saturated heterocycles. The van der Waals surface area contributed by atoms with Crippen LogP contribution in [0, 0.1) is 6.92 Å². The van der Waals surface area contributed by atoms with E-state index in [1.165, 1.54) is 6.21 Å². The van der Waals surface area contributed by atoms with E-state index in [0.29, 0.717) is 16.7 Å². The van der Waals surface area contributed by atoms with Crippen LogP contribution in [0.25, 0.3) is 11.1 Å². The van der Waals surface area contributed by atoms with E-state index in [-0.39, 0.29) is 5.91 Å². The molecule has 0 aromatic heterocycles. The van der Waals surface area contributed by atoms with Gasteiger partial charge in [-0.1, -0.05) is 30.3 Å². The van der Waals surface area contributed by atoms with Crippen molar-refractivity contribution < 1.29 is 35.1 Å². The van der Waals surface area contributed by atoms with Gasteiger partial charge in [0.05, 0.1) is 12.2 Å². The molecule has 6 atom stereocenters. The van der Waals surface area contributed by atoms with E-state index < -0.39 is 43.2 Å². The first-order valence-electron chi connectivity index (χ1n) is 9.63. The number of nitrogens with zero attached hydrogens (tertiary/aromatic N) is 1. The van der Waals surface area contributed by atoms with E-state index in [1.54, 1.807) is 25.1 Å². The number of fused-ring (bicyclic) bond motifs is 1. The molecule has 2 aliphatic rings. The zero-order valence-electron chi connectivity index (χ0n) is 16.2. The summed E-state index contributed by atoms with van der Waals surface area (Å²) in [6, 6.07) is 10.8. The van der Waals surface area contributed by atoms with E-state index in [4.69, 9.17) is 4.74 Å². The van der Waals surface area contributed by atoms with Crippen molar-refractivity contribution in [3.05, 3.63) is 58.7 Å². The summed E-state index contributed by atoms with van der Waals surface area (Å²) in [7, 11) is 0. The molecule has 0 aliphatic carbocycles. The number of carbonyl (C=O) groups excluding carboxylic acids is 1. The number of hydrogen-bond donors (Lipinski definition) is 5. The predicted octanol–water partition coefficient (Wildman–Crippen LogP) is 0.111. The monoisotopic (exact) mass is 413 g/mol. The number of rotatable bonds is 4. The van der Waals surface area contributed by atoms with E-state index in [2.05, 4.69) is 4.99 Å². The third kappa shape index (κ3) is 3.47. The number of aryl methyl sites for hydroxylation is 1. The summed E-state index contributed by atoms with van der Waals surface area (Å²) < 4.78 is 5.47. The first kappa shape index (κ1) is 20.8. The average Bonchev–Trinajstić information content (AvgIpc) is 3.12. The Morgan fingerprint density at radius 1 is 1.03 bits per heavy atom. The molecule has 8 nitrogen and oxygen atoms in total. The molecule has 1 amide bonds. The lowest BCUT2D eigenvalue weighted by atomic mass is 9.87. The number of aliphatic imine (C=N–C) groups is 1. The molecule has 0 unspecified atom stereocenters. The molecule has 1 fully saturated rings. The Balaban J connectivity index is 1.61. The third-order valence-corrected chi connectivity index (χ3v) is 5.77. The van der Waals surface area contributed by atoms with Gasteiger partial charge in [-0.05, 0) is 35.2 Å². The van der Waals surface area contributed by atoms with Crippen molar-refractivity contribution in [1.82, 2.24) is 0 Å². The summed E-state index contributed by atoms with van der Waals surface area (Å²) in [4.78, 5) is 15.6. The van der Waals surface area contributed by atoms with Crippen molar-refractivity contribution in [3.8, 4) is 11.1 Å².